The van der Waals surface area contributed by atoms with E-state index in [0.717, 1.165) is 15.9 Å². The number of rotatable bonds is 4. The fourth-order valence-electron chi connectivity index (χ4n) is 3.35. The van der Waals surface area contributed by atoms with Crippen LogP contribution in [0.1, 0.15) is 27.4 Å². The van der Waals surface area contributed by atoms with Crippen molar-refractivity contribution in [3.8, 4) is 5.69 Å². The van der Waals surface area contributed by atoms with Crippen molar-refractivity contribution in [2.24, 2.45) is 12.1 Å². The molecule has 156 valence electrons. The van der Waals surface area contributed by atoms with Crippen molar-refractivity contribution < 1.29 is 9.18 Å². The van der Waals surface area contributed by atoms with Crippen LogP contribution in [0.5, 0.6) is 0 Å². The lowest BCUT2D eigenvalue weighted by Crippen LogP contribution is -2.27. The van der Waals surface area contributed by atoms with E-state index in [1.807, 2.05) is 13.8 Å². The Kier molecular flexibility index (Phi) is 5.16. The normalized spacial score (nSPS) is 11.4. The molecule has 2 aromatic carbocycles. The lowest BCUT2D eigenvalue weighted by Gasteiger charge is -2.06. The predicted octanol–water partition coefficient (Wildman–Crippen LogP) is 2.64. The first-order valence-electron chi connectivity index (χ1n) is 9.48. The van der Waals surface area contributed by atoms with Crippen LogP contribution in [0.3, 0.4) is 0 Å². The van der Waals surface area contributed by atoms with E-state index in [9.17, 15) is 14.0 Å². The molecule has 1 amide bonds. The van der Waals surface area contributed by atoms with E-state index >= 15 is 0 Å². The summed E-state index contributed by atoms with van der Waals surface area (Å²) < 4.78 is 16.0. The van der Waals surface area contributed by atoms with E-state index in [1.165, 1.54) is 25.4 Å². The zero-order valence-electron chi connectivity index (χ0n) is 17.1. The molecule has 0 spiro atoms. The molecular formula is C22H19FN6O2. The van der Waals surface area contributed by atoms with Gasteiger partial charge in [0.25, 0.3) is 11.5 Å². The fourth-order valence-corrected chi connectivity index (χ4v) is 3.35. The number of aromatic nitrogens is 4. The molecule has 0 aliphatic rings. The highest BCUT2D eigenvalue weighted by molar-refractivity contribution is 6.05. The zero-order chi connectivity index (χ0) is 22.1. The summed E-state index contributed by atoms with van der Waals surface area (Å²) in [6.07, 6.45) is 1.50. The van der Waals surface area contributed by atoms with Gasteiger partial charge in [0.2, 0.25) is 0 Å². The minimum Gasteiger partial charge on any atom is -0.267 e. The molecule has 8 nitrogen and oxygen atoms in total. The van der Waals surface area contributed by atoms with Crippen molar-refractivity contribution >= 4 is 22.9 Å². The van der Waals surface area contributed by atoms with Gasteiger partial charge >= 0.3 is 0 Å². The van der Waals surface area contributed by atoms with E-state index in [0.29, 0.717) is 22.2 Å². The molecule has 1 N–H and O–H groups in total. The summed E-state index contributed by atoms with van der Waals surface area (Å²) >= 11 is 0. The summed E-state index contributed by atoms with van der Waals surface area (Å²) in [6, 6.07) is 12.8. The molecule has 2 aromatic heterocycles. The Hall–Kier alpha value is -4.14. The van der Waals surface area contributed by atoms with Gasteiger partial charge in [0, 0.05) is 18.0 Å². The molecule has 4 rings (SSSR count). The first-order chi connectivity index (χ1) is 14.9. The lowest BCUT2D eigenvalue weighted by molar-refractivity contribution is 0.0950. The molecule has 2 heterocycles. The molecule has 0 bridgehead atoms. The minimum absolute atomic E-state index is 0.102. The van der Waals surface area contributed by atoms with E-state index in [2.05, 4.69) is 20.7 Å². The Morgan fingerprint density at radius 2 is 1.74 bits per heavy atom. The summed E-state index contributed by atoms with van der Waals surface area (Å²) in [5, 5.41) is 13.5. The van der Waals surface area contributed by atoms with Gasteiger partial charge in [-0.25, -0.2) is 19.2 Å². The molecule has 0 fully saturated rings. The second-order valence-corrected chi connectivity index (χ2v) is 6.99. The van der Waals surface area contributed by atoms with Crippen molar-refractivity contribution in [3.05, 3.63) is 87.3 Å². The summed E-state index contributed by atoms with van der Waals surface area (Å²) in [5.74, 6) is -0.862. The smallest absolute Gasteiger partial charge is 0.267 e. The van der Waals surface area contributed by atoms with E-state index in [1.54, 1.807) is 41.1 Å². The van der Waals surface area contributed by atoms with Crippen LogP contribution >= 0.6 is 0 Å². The maximum Gasteiger partial charge on any atom is 0.292 e. The third kappa shape index (κ3) is 3.73. The van der Waals surface area contributed by atoms with Crippen LogP contribution in [0.25, 0.3) is 16.5 Å². The standard InChI is InChI=1S/C22H19FN6O2/c1-13-19(14(2)29(26-13)16-10-8-15(23)9-11-16)12-24-25-21(30)20-17-6-4-5-7-18(17)22(31)28(3)27-20/h4-12H,1-3H3,(H,25,30)/b24-12-. The molecule has 0 aliphatic carbocycles. The predicted molar refractivity (Wildman–Crippen MR) is 115 cm³/mol. The average molecular weight is 418 g/mol. The van der Waals surface area contributed by atoms with Crippen molar-refractivity contribution in [1.29, 1.82) is 0 Å². The Balaban J connectivity index is 1.61. The van der Waals surface area contributed by atoms with E-state index in [-0.39, 0.29) is 17.1 Å². The van der Waals surface area contributed by atoms with Crippen LogP contribution in [0.4, 0.5) is 4.39 Å². The number of hydrogen-bond acceptors (Lipinski definition) is 5. The van der Waals surface area contributed by atoms with Crippen LogP contribution in [0.15, 0.2) is 58.4 Å². The van der Waals surface area contributed by atoms with Gasteiger partial charge in [0.05, 0.1) is 28.7 Å². The number of hydrogen-bond donors (Lipinski definition) is 1. The van der Waals surface area contributed by atoms with Crippen LogP contribution in [-0.2, 0) is 7.05 Å². The highest BCUT2D eigenvalue weighted by atomic mass is 19.1. The second kappa shape index (κ2) is 7.94. The number of aryl methyl sites for hydroxylation is 2. The van der Waals surface area contributed by atoms with Crippen molar-refractivity contribution in [1.82, 2.24) is 25.0 Å². The number of benzene rings is 2. The molecule has 4 aromatic rings. The molecule has 0 aliphatic heterocycles. The Morgan fingerprint density at radius 3 is 2.45 bits per heavy atom. The topological polar surface area (TPSA) is 94.2 Å². The number of carbonyl (C=O) groups excluding carboxylic acids is 1. The molecule has 0 atom stereocenters. The van der Waals surface area contributed by atoms with E-state index < -0.39 is 5.91 Å². The largest absolute Gasteiger partial charge is 0.292 e. The highest BCUT2D eigenvalue weighted by Crippen LogP contribution is 2.17. The Morgan fingerprint density at radius 1 is 1.06 bits per heavy atom. The summed E-state index contributed by atoms with van der Waals surface area (Å²) in [5.41, 5.74) is 5.21. The van der Waals surface area contributed by atoms with Crippen LogP contribution < -0.4 is 11.0 Å². The number of amides is 1. The highest BCUT2D eigenvalue weighted by Gasteiger charge is 2.16. The molecule has 0 saturated carbocycles. The molecule has 9 heteroatoms. The molecule has 31 heavy (non-hydrogen) atoms. The van der Waals surface area contributed by atoms with Gasteiger partial charge in [0.1, 0.15) is 5.82 Å². The number of nitrogens with one attached hydrogen (secondary N) is 1. The van der Waals surface area contributed by atoms with Crippen molar-refractivity contribution in [3.63, 3.8) is 0 Å². The second-order valence-electron chi connectivity index (χ2n) is 6.99. The van der Waals surface area contributed by atoms with Crippen LogP contribution in [0.2, 0.25) is 0 Å². The lowest BCUT2D eigenvalue weighted by atomic mass is 10.1. The Labute approximate surface area is 176 Å². The first kappa shape index (κ1) is 20.1. The van der Waals surface area contributed by atoms with Gasteiger partial charge in [-0.15, -0.1) is 0 Å². The maximum absolute atomic E-state index is 13.2. The minimum atomic E-state index is -0.538. The van der Waals surface area contributed by atoms with Gasteiger partial charge in [-0.1, -0.05) is 18.2 Å². The monoisotopic (exact) mass is 418 g/mol. The summed E-state index contributed by atoms with van der Waals surface area (Å²) in [4.78, 5) is 24.9. The fraction of sp³-hybridized carbons (Fsp3) is 0.136. The number of carbonyl (C=O) groups is 1. The van der Waals surface area contributed by atoms with Gasteiger partial charge < -0.3 is 0 Å². The molecule has 0 saturated heterocycles. The van der Waals surface area contributed by atoms with E-state index in [4.69, 9.17) is 0 Å². The first-order valence-corrected chi connectivity index (χ1v) is 9.48. The van der Waals surface area contributed by atoms with Crippen LogP contribution in [-0.4, -0.2) is 31.7 Å². The quantitative estimate of drug-likeness (QED) is 0.407. The number of nitrogens with zero attached hydrogens (tertiary/aromatic N) is 5. The van der Waals surface area contributed by atoms with Gasteiger partial charge in [-0.3, -0.25) is 9.59 Å². The number of hydrazone groups is 1. The third-order valence-electron chi connectivity index (χ3n) is 4.95. The zero-order valence-corrected chi connectivity index (χ0v) is 17.1. The SMILES string of the molecule is Cc1nn(-c2ccc(F)cc2)c(C)c1/C=N\NC(=O)c1nn(C)c(=O)c2ccccc12. The number of halogens is 1. The summed E-state index contributed by atoms with van der Waals surface area (Å²) in [7, 11) is 1.49. The molecule has 0 unspecified atom stereocenters. The van der Waals surface area contributed by atoms with Crippen LogP contribution in [0, 0.1) is 19.7 Å². The maximum atomic E-state index is 13.2. The molecular weight excluding hydrogens is 399 g/mol. The average Bonchev–Trinajstić information content (AvgIpc) is 3.05. The molecule has 0 radical (unpaired) electrons. The van der Waals surface area contributed by atoms with Crippen molar-refractivity contribution in [2.45, 2.75) is 13.8 Å². The van der Waals surface area contributed by atoms with Crippen molar-refractivity contribution in [2.75, 3.05) is 0 Å². The van der Waals surface area contributed by atoms with Gasteiger partial charge in [-0.05, 0) is 44.2 Å². The Bertz CT molecular complexity index is 1390. The number of fused-ring (bicyclic) bond motifs is 1. The third-order valence-corrected chi connectivity index (χ3v) is 4.95. The van der Waals surface area contributed by atoms with Gasteiger partial charge in [-0.2, -0.15) is 15.3 Å². The van der Waals surface area contributed by atoms with Gasteiger partial charge in [0.15, 0.2) is 5.69 Å². The summed E-state index contributed by atoms with van der Waals surface area (Å²) in [6.45, 7) is 3.67.